The smallest absolute Gasteiger partial charge is 0.326 e. The summed E-state index contributed by atoms with van der Waals surface area (Å²) in [6.07, 6.45) is -2.65. The number of aliphatic carboxylic acids is 1. The van der Waals surface area contributed by atoms with Gasteiger partial charge in [-0.2, -0.15) is 0 Å². The van der Waals surface area contributed by atoms with Gasteiger partial charge in [-0.3, -0.25) is 0 Å². The summed E-state index contributed by atoms with van der Waals surface area (Å²) in [5.74, 6) is -1.10. The molecule has 1 aliphatic rings. The zero-order chi connectivity index (χ0) is 15.1. The number of methoxy groups -OCH3 is 1. The number of ether oxygens (including phenoxy) is 2. The predicted octanol–water partition coefficient (Wildman–Crippen LogP) is 0.152. The third-order valence-electron chi connectivity index (χ3n) is 2.91. The van der Waals surface area contributed by atoms with E-state index in [9.17, 15) is 18.4 Å². The molecule has 0 aromatic carbocycles. The third kappa shape index (κ3) is 4.89. The first-order chi connectivity index (χ1) is 9.45. The lowest BCUT2D eigenvalue weighted by Crippen LogP contribution is -2.47. The lowest BCUT2D eigenvalue weighted by molar-refractivity contribution is -0.141. The highest BCUT2D eigenvalue weighted by molar-refractivity contribution is 5.83. The largest absolute Gasteiger partial charge is 0.480 e. The molecule has 2 N–H and O–H groups in total. The van der Waals surface area contributed by atoms with E-state index in [2.05, 4.69) is 10.1 Å². The van der Waals surface area contributed by atoms with Crippen molar-refractivity contribution in [3.05, 3.63) is 0 Å². The Labute approximate surface area is 114 Å². The molecule has 0 spiro atoms. The van der Waals surface area contributed by atoms with Crippen LogP contribution in [0.4, 0.5) is 13.6 Å². The van der Waals surface area contributed by atoms with Gasteiger partial charge in [0.2, 0.25) is 0 Å². The first-order valence-electron chi connectivity index (χ1n) is 6.11. The Morgan fingerprint density at radius 2 is 2.20 bits per heavy atom. The molecule has 1 fully saturated rings. The quantitative estimate of drug-likeness (QED) is 0.653. The molecule has 1 rings (SSSR count). The summed E-state index contributed by atoms with van der Waals surface area (Å²) in [5.41, 5.74) is 0. The lowest BCUT2D eigenvalue weighted by atomic mass is 10.2. The van der Waals surface area contributed by atoms with Gasteiger partial charge in [-0.15, -0.1) is 0 Å². The molecule has 0 aromatic heterocycles. The minimum atomic E-state index is -2.55. The average molecular weight is 296 g/mol. The van der Waals surface area contributed by atoms with E-state index in [1.807, 2.05) is 0 Å². The summed E-state index contributed by atoms with van der Waals surface area (Å²) >= 11 is 0. The van der Waals surface area contributed by atoms with Crippen molar-refractivity contribution in [2.45, 2.75) is 25.0 Å². The summed E-state index contributed by atoms with van der Waals surface area (Å²) < 4.78 is 33.2. The van der Waals surface area contributed by atoms with Crippen molar-refractivity contribution in [2.75, 3.05) is 33.4 Å². The van der Waals surface area contributed by atoms with E-state index in [1.165, 1.54) is 7.11 Å². The number of carbonyl (C=O) groups is 2. The number of carboxylic acids is 1. The molecule has 0 radical (unpaired) electrons. The first-order valence-corrected chi connectivity index (χ1v) is 6.11. The van der Waals surface area contributed by atoms with E-state index in [4.69, 9.17) is 9.84 Å². The van der Waals surface area contributed by atoms with E-state index < -0.39 is 31.1 Å². The molecule has 2 atom stereocenters. The van der Waals surface area contributed by atoms with Crippen LogP contribution in [0.1, 0.15) is 6.42 Å². The molecule has 7 nitrogen and oxygen atoms in total. The number of rotatable bonds is 7. The third-order valence-corrected chi connectivity index (χ3v) is 2.91. The Hall–Kier alpha value is -1.48. The van der Waals surface area contributed by atoms with Gasteiger partial charge in [-0.1, -0.05) is 0 Å². The van der Waals surface area contributed by atoms with Gasteiger partial charge in [0.15, 0.2) is 0 Å². The molecule has 116 valence electrons. The highest BCUT2D eigenvalue weighted by atomic mass is 19.3. The Bertz CT molecular complexity index is 343. The fourth-order valence-electron chi connectivity index (χ4n) is 1.93. The van der Waals surface area contributed by atoms with Crippen LogP contribution in [0, 0.1) is 0 Å². The SMILES string of the molecule is COC1CC(C(=O)O)N(C(=O)NCCOCC(F)F)C1. The topological polar surface area (TPSA) is 88.1 Å². The predicted molar refractivity (Wildman–Crippen MR) is 63.8 cm³/mol. The molecular formula is C11H18F2N2O5. The normalized spacial score (nSPS) is 22.3. The Morgan fingerprint density at radius 1 is 1.50 bits per heavy atom. The molecule has 0 aromatic rings. The number of hydrogen-bond acceptors (Lipinski definition) is 4. The highest BCUT2D eigenvalue weighted by Crippen LogP contribution is 2.20. The van der Waals surface area contributed by atoms with Gasteiger partial charge in [-0.05, 0) is 0 Å². The van der Waals surface area contributed by atoms with Crippen molar-refractivity contribution in [2.24, 2.45) is 0 Å². The Morgan fingerprint density at radius 3 is 2.75 bits per heavy atom. The number of nitrogens with zero attached hydrogens (tertiary/aromatic N) is 1. The summed E-state index contributed by atoms with van der Waals surface area (Å²) in [6.45, 7) is -0.540. The van der Waals surface area contributed by atoms with Crippen molar-refractivity contribution >= 4 is 12.0 Å². The lowest BCUT2D eigenvalue weighted by Gasteiger charge is -2.21. The summed E-state index contributed by atoms with van der Waals surface area (Å²) in [4.78, 5) is 24.0. The number of likely N-dealkylation sites (tertiary alicyclic amines) is 1. The monoisotopic (exact) mass is 296 g/mol. The standard InChI is InChI=1S/C11H18F2N2O5/c1-19-7-4-8(10(16)17)15(5-7)11(18)14-2-3-20-6-9(12)13/h7-9H,2-6H2,1H3,(H,14,18)(H,16,17). The van der Waals surface area contributed by atoms with Crippen LogP contribution in [0.5, 0.6) is 0 Å². The van der Waals surface area contributed by atoms with E-state index in [0.717, 1.165) is 4.90 Å². The highest BCUT2D eigenvalue weighted by Gasteiger charge is 2.39. The van der Waals surface area contributed by atoms with Gasteiger partial charge in [-0.25, -0.2) is 18.4 Å². The van der Waals surface area contributed by atoms with Crippen LogP contribution in [0.15, 0.2) is 0 Å². The van der Waals surface area contributed by atoms with Crippen molar-refractivity contribution in [1.29, 1.82) is 0 Å². The van der Waals surface area contributed by atoms with Crippen molar-refractivity contribution in [1.82, 2.24) is 10.2 Å². The number of halogens is 2. The number of amides is 2. The van der Waals surface area contributed by atoms with E-state index >= 15 is 0 Å². The van der Waals surface area contributed by atoms with E-state index in [0.29, 0.717) is 0 Å². The first kappa shape index (κ1) is 16.6. The summed E-state index contributed by atoms with van der Waals surface area (Å²) in [6, 6.07) is -1.51. The van der Waals surface area contributed by atoms with Crippen LogP contribution in [0.25, 0.3) is 0 Å². The van der Waals surface area contributed by atoms with Crippen molar-refractivity contribution in [3.8, 4) is 0 Å². The zero-order valence-corrected chi connectivity index (χ0v) is 11.1. The van der Waals surface area contributed by atoms with Crippen LogP contribution in [0.3, 0.4) is 0 Å². The molecule has 20 heavy (non-hydrogen) atoms. The van der Waals surface area contributed by atoms with Crippen LogP contribution in [-0.2, 0) is 14.3 Å². The van der Waals surface area contributed by atoms with E-state index in [1.54, 1.807) is 0 Å². The second kappa shape index (κ2) is 7.95. The maximum absolute atomic E-state index is 11.8. The Kier molecular flexibility index (Phi) is 6.59. The van der Waals surface area contributed by atoms with Gasteiger partial charge in [0.1, 0.15) is 12.6 Å². The van der Waals surface area contributed by atoms with Crippen molar-refractivity contribution < 1.29 is 33.0 Å². The van der Waals surface area contributed by atoms with E-state index in [-0.39, 0.29) is 32.2 Å². The van der Waals surface area contributed by atoms with Crippen LogP contribution in [0.2, 0.25) is 0 Å². The average Bonchev–Trinajstić information content (AvgIpc) is 2.82. The zero-order valence-electron chi connectivity index (χ0n) is 11.1. The van der Waals surface area contributed by atoms with Crippen LogP contribution >= 0.6 is 0 Å². The van der Waals surface area contributed by atoms with Crippen LogP contribution in [-0.4, -0.2) is 74.0 Å². The number of urea groups is 1. The molecule has 2 unspecified atom stereocenters. The fraction of sp³-hybridized carbons (Fsp3) is 0.818. The number of carbonyl (C=O) groups excluding carboxylic acids is 1. The second-order valence-electron chi connectivity index (χ2n) is 4.30. The molecule has 0 aliphatic carbocycles. The minimum absolute atomic E-state index is 0.0338. The maximum atomic E-state index is 11.8. The number of alkyl halides is 2. The summed E-state index contributed by atoms with van der Waals surface area (Å²) in [7, 11) is 1.45. The molecule has 0 bridgehead atoms. The number of nitrogens with one attached hydrogen (secondary N) is 1. The second-order valence-corrected chi connectivity index (χ2v) is 4.30. The number of carboxylic acid groups (broad SMARTS) is 1. The molecule has 0 saturated carbocycles. The van der Waals surface area contributed by atoms with Gasteiger partial charge < -0.3 is 24.8 Å². The fourth-order valence-corrected chi connectivity index (χ4v) is 1.93. The molecule has 1 aliphatic heterocycles. The molecule has 2 amide bonds. The number of hydrogen-bond donors (Lipinski definition) is 2. The van der Waals surface area contributed by atoms with Crippen molar-refractivity contribution in [3.63, 3.8) is 0 Å². The molecule has 9 heteroatoms. The Balaban J connectivity index is 2.35. The van der Waals surface area contributed by atoms with Gasteiger partial charge >= 0.3 is 12.0 Å². The van der Waals surface area contributed by atoms with Gasteiger partial charge in [0.25, 0.3) is 6.43 Å². The van der Waals surface area contributed by atoms with Gasteiger partial charge in [0, 0.05) is 26.6 Å². The maximum Gasteiger partial charge on any atom is 0.326 e. The molecule has 1 heterocycles. The van der Waals surface area contributed by atoms with Gasteiger partial charge in [0.05, 0.1) is 12.7 Å². The summed E-state index contributed by atoms with van der Waals surface area (Å²) in [5, 5.41) is 11.5. The van der Waals surface area contributed by atoms with Crippen LogP contribution < -0.4 is 5.32 Å². The minimum Gasteiger partial charge on any atom is -0.480 e. The molecule has 1 saturated heterocycles. The molecular weight excluding hydrogens is 278 g/mol.